The second kappa shape index (κ2) is 10.9. The molecule has 1 fully saturated rings. The number of nitrogens with one attached hydrogen (secondary N) is 2. The molecule has 150 valence electrons. The van der Waals surface area contributed by atoms with Crippen molar-refractivity contribution in [1.82, 2.24) is 15.1 Å². The molecule has 1 saturated heterocycles. The van der Waals surface area contributed by atoms with E-state index in [9.17, 15) is 9.59 Å². The van der Waals surface area contributed by atoms with Gasteiger partial charge in [0, 0.05) is 50.7 Å². The molecule has 2 rings (SSSR count). The number of carbonyl (C=O) groups excluding carboxylic acids is 2. The van der Waals surface area contributed by atoms with E-state index in [2.05, 4.69) is 34.3 Å². The van der Waals surface area contributed by atoms with Crippen LogP contribution in [-0.2, 0) is 9.59 Å². The Labute approximate surface area is 171 Å². The maximum absolute atomic E-state index is 12.2. The van der Waals surface area contributed by atoms with Gasteiger partial charge in [0.15, 0.2) is 0 Å². The van der Waals surface area contributed by atoms with Gasteiger partial charge in [-0.15, -0.1) is 0 Å². The zero-order valence-corrected chi connectivity index (χ0v) is 17.4. The van der Waals surface area contributed by atoms with Crippen molar-refractivity contribution in [2.45, 2.75) is 20.3 Å². The lowest BCUT2D eigenvalue weighted by Crippen LogP contribution is -2.50. The number of hydrogen-bond donors (Lipinski definition) is 2. The Balaban J connectivity index is 1.66. The number of anilines is 1. The fourth-order valence-corrected chi connectivity index (χ4v) is 3.15. The van der Waals surface area contributed by atoms with E-state index in [0.717, 1.165) is 26.2 Å². The number of piperazine rings is 1. The third-order valence-electron chi connectivity index (χ3n) is 4.40. The Hall–Kier alpha value is -1.34. The highest BCUT2D eigenvalue weighted by atomic mass is 35.5. The molecule has 1 aromatic rings. The first-order valence-electron chi connectivity index (χ1n) is 9.30. The van der Waals surface area contributed by atoms with Gasteiger partial charge in [-0.2, -0.15) is 0 Å². The fraction of sp³-hybridized carbons (Fsp3) is 0.579. The molecule has 0 bridgehead atoms. The van der Waals surface area contributed by atoms with Crippen LogP contribution in [0.3, 0.4) is 0 Å². The van der Waals surface area contributed by atoms with Gasteiger partial charge in [0.05, 0.1) is 17.3 Å². The van der Waals surface area contributed by atoms with Gasteiger partial charge in [-0.25, -0.2) is 0 Å². The molecule has 0 aromatic heterocycles. The van der Waals surface area contributed by atoms with Crippen molar-refractivity contribution in [1.29, 1.82) is 0 Å². The molecule has 1 heterocycles. The van der Waals surface area contributed by atoms with Crippen LogP contribution in [0.5, 0.6) is 0 Å². The smallest absolute Gasteiger partial charge is 0.234 e. The summed E-state index contributed by atoms with van der Waals surface area (Å²) < 4.78 is 0. The van der Waals surface area contributed by atoms with Crippen LogP contribution in [0.15, 0.2) is 18.2 Å². The predicted molar refractivity (Wildman–Crippen MR) is 110 cm³/mol. The zero-order valence-electron chi connectivity index (χ0n) is 15.9. The van der Waals surface area contributed by atoms with Crippen LogP contribution in [0, 0.1) is 5.92 Å². The molecular formula is C19H28Cl2N4O2. The van der Waals surface area contributed by atoms with Crippen molar-refractivity contribution >= 4 is 40.7 Å². The molecule has 1 aliphatic rings. The third kappa shape index (κ3) is 8.05. The summed E-state index contributed by atoms with van der Waals surface area (Å²) in [5, 5.41) is 6.75. The Bertz CT molecular complexity index is 647. The Kier molecular flexibility index (Phi) is 8.83. The Morgan fingerprint density at radius 1 is 1.07 bits per heavy atom. The van der Waals surface area contributed by atoms with E-state index in [4.69, 9.17) is 23.2 Å². The summed E-state index contributed by atoms with van der Waals surface area (Å²) in [5.41, 5.74) is 0.534. The van der Waals surface area contributed by atoms with Gasteiger partial charge in [-0.3, -0.25) is 14.5 Å². The lowest BCUT2D eigenvalue weighted by Gasteiger charge is -2.34. The SMILES string of the molecule is CC(C)CNC(=O)CN1CCN(CCC(=O)Nc2cc(Cl)ccc2Cl)CC1. The summed E-state index contributed by atoms with van der Waals surface area (Å²) in [6.45, 7) is 9.35. The highest BCUT2D eigenvalue weighted by Gasteiger charge is 2.19. The average molecular weight is 415 g/mol. The van der Waals surface area contributed by atoms with Crippen LogP contribution in [0.1, 0.15) is 20.3 Å². The summed E-state index contributed by atoms with van der Waals surface area (Å²) in [6, 6.07) is 4.99. The monoisotopic (exact) mass is 414 g/mol. The molecule has 0 saturated carbocycles. The van der Waals surface area contributed by atoms with Crippen LogP contribution in [-0.4, -0.2) is 67.4 Å². The molecule has 0 unspecified atom stereocenters. The molecule has 2 amide bonds. The number of amides is 2. The van der Waals surface area contributed by atoms with Crippen LogP contribution in [0.2, 0.25) is 10.0 Å². The molecule has 1 aromatic carbocycles. The van der Waals surface area contributed by atoms with Gasteiger partial charge < -0.3 is 15.5 Å². The van der Waals surface area contributed by atoms with Gasteiger partial charge in [0.1, 0.15) is 0 Å². The summed E-state index contributed by atoms with van der Waals surface area (Å²) in [5.74, 6) is 0.448. The van der Waals surface area contributed by atoms with Crippen LogP contribution < -0.4 is 10.6 Å². The lowest BCUT2D eigenvalue weighted by molar-refractivity contribution is -0.122. The fourth-order valence-electron chi connectivity index (χ4n) is 2.81. The summed E-state index contributed by atoms with van der Waals surface area (Å²) in [4.78, 5) is 28.4. The second-order valence-electron chi connectivity index (χ2n) is 7.24. The van der Waals surface area contributed by atoms with Crippen molar-refractivity contribution in [3.8, 4) is 0 Å². The summed E-state index contributed by atoms with van der Waals surface area (Å²) >= 11 is 12.0. The van der Waals surface area contributed by atoms with Gasteiger partial charge in [-0.1, -0.05) is 37.0 Å². The number of benzene rings is 1. The van der Waals surface area contributed by atoms with Crippen LogP contribution in [0.25, 0.3) is 0 Å². The number of nitrogens with zero attached hydrogens (tertiary/aromatic N) is 2. The first kappa shape index (κ1) is 22.0. The predicted octanol–water partition coefficient (Wildman–Crippen LogP) is 2.71. The van der Waals surface area contributed by atoms with Crippen molar-refractivity contribution in [2.75, 3.05) is 51.1 Å². The Morgan fingerprint density at radius 3 is 2.41 bits per heavy atom. The minimum Gasteiger partial charge on any atom is -0.355 e. The van der Waals surface area contributed by atoms with E-state index in [0.29, 0.717) is 47.7 Å². The normalized spacial score (nSPS) is 15.7. The molecule has 2 N–H and O–H groups in total. The largest absolute Gasteiger partial charge is 0.355 e. The minimum atomic E-state index is -0.0883. The van der Waals surface area contributed by atoms with E-state index in [-0.39, 0.29) is 11.8 Å². The van der Waals surface area contributed by atoms with E-state index >= 15 is 0 Å². The van der Waals surface area contributed by atoms with Crippen LogP contribution in [0.4, 0.5) is 5.69 Å². The van der Waals surface area contributed by atoms with Crippen LogP contribution >= 0.6 is 23.2 Å². The third-order valence-corrected chi connectivity index (χ3v) is 4.96. The summed E-state index contributed by atoms with van der Waals surface area (Å²) in [6.07, 6.45) is 0.387. The molecule has 8 heteroatoms. The van der Waals surface area contributed by atoms with Crippen molar-refractivity contribution in [3.63, 3.8) is 0 Å². The number of rotatable bonds is 8. The maximum Gasteiger partial charge on any atom is 0.234 e. The molecular weight excluding hydrogens is 387 g/mol. The van der Waals surface area contributed by atoms with E-state index < -0.39 is 0 Å². The highest BCUT2D eigenvalue weighted by Crippen LogP contribution is 2.25. The number of halogens is 2. The maximum atomic E-state index is 12.2. The number of carbonyl (C=O) groups is 2. The molecule has 27 heavy (non-hydrogen) atoms. The van der Waals surface area contributed by atoms with E-state index in [1.807, 2.05) is 0 Å². The zero-order chi connectivity index (χ0) is 19.8. The van der Waals surface area contributed by atoms with Gasteiger partial charge >= 0.3 is 0 Å². The topological polar surface area (TPSA) is 64.7 Å². The van der Waals surface area contributed by atoms with Gasteiger partial charge in [0.2, 0.25) is 11.8 Å². The Morgan fingerprint density at radius 2 is 1.74 bits per heavy atom. The van der Waals surface area contributed by atoms with Crippen molar-refractivity contribution in [3.05, 3.63) is 28.2 Å². The second-order valence-corrected chi connectivity index (χ2v) is 8.08. The molecule has 0 spiro atoms. The van der Waals surface area contributed by atoms with E-state index in [1.165, 1.54) is 0 Å². The quantitative estimate of drug-likeness (QED) is 0.686. The highest BCUT2D eigenvalue weighted by molar-refractivity contribution is 6.35. The molecule has 1 aliphatic heterocycles. The molecule has 0 atom stereocenters. The van der Waals surface area contributed by atoms with Gasteiger partial charge in [-0.05, 0) is 24.1 Å². The molecule has 6 nitrogen and oxygen atoms in total. The summed E-state index contributed by atoms with van der Waals surface area (Å²) in [7, 11) is 0. The number of hydrogen-bond acceptors (Lipinski definition) is 4. The average Bonchev–Trinajstić information content (AvgIpc) is 2.62. The van der Waals surface area contributed by atoms with E-state index in [1.54, 1.807) is 18.2 Å². The van der Waals surface area contributed by atoms with Crippen molar-refractivity contribution < 1.29 is 9.59 Å². The first-order chi connectivity index (χ1) is 12.8. The minimum absolute atomic E-state index is 0.0786. The molecule has 0 radical (unpaired) electrons. The molecule has 0 aliphatic carbocycles. The first-order valence-corrected chi connectivity index (χ1v) is 10.1. The lowest BCUT2D eigenvalue weighted by atomic mass is 10.2. The van der Waals surface area contributed by atoms with Gasteiger partial charge in [0.25, 0.3) is 0 Å². The standard InChI is InChI=1S/C19H28Cl2N4O2/c1-14(2)12-22-19(27)13-25-9-7-24(8-10-25)6-5-18(26)23-17-11-15(20)3-4-16(17)21/h3-4,11,14H,5-10,12-13H2,1-2H3,(H,22,27)(H,23,26). The van der Waals surface area contributed by atoms with Crippen molar-refractivity contribution in [2.24, 2.45) is 5.92 Å².